The molecule has 5 heteroatoms. The van der Waals surface area contributed by atoms with Crippen molar-refractivity contribution in [3.63, 3.8) is 0 Å². The monoisotopic (exact) mass is 370 g/mol. The largest absolute Gasteiger partial charge is 0.506 e. The van der Waals surface area contributed by atoms with E-state index >= 15 is 0 Å². The molecule has 4 nitrogen and oxygen atoms in total. The fraction of sp³-hybridized carbons (Fsp3) is 0.286. The summed E-state index contributed by atoms with van der Waals surface area (Å²) in [5, 5.41) is 11.6. The minimum atomic E-state index is -0.423. The van der Waals surface area contributed by atoms with Crippen LogP contribution in [0.2, 0.25) is 5.02 Å². The summed E-state index contributed by atoms with van der Waals surface area (Å²) in [5.74, 6) is 0.0191. The van der Waals surface area contributed by atoms with Crippen LogP contribution in [0.4, 0.5) is 0 Å². The van der Waals surface area contributed by atoms with E-state index in [9.17, 15) is 9.90 Å². The van der Waals surface area contributed by atoms with Crippen LogP contribution in [0, 0.1) is 0 Å². The minimum Gasteiger partial charge on any atom is -0.506 e. The van der Waals surface area contributed by atoms with Crippen LogP contribution < -0.4 is 10.5 Å². The highest BCUT2D eigenvalue weighted by atomic mass is 35.5. The van der Waals surface area contributed by atoms with E-state index in [1.807, 2.05) is 30.3 Å². The Bertz CT molecular complexity index is 992. The average molecular weight is 371 g/mol. The molecule has 0 amide bonds. The number of quaternary nitrogens is 1. The zero-order chi connectivity index (χ0) is 18.1. The van der Waals surface area contributed by atoms with Gasteiger partial charge in [-0.1, -0.05) is 41.9 Å². The Morgan fingerprint density at radius 1 is 1.08 bits per heavy atom. The van der Waals surface area contributed by atoms with Crippen LogP contribution >= 0.6 is 11.6 Å². The second kappa shape index (κ2) is 7.14. The van der Waals surface area contributed by atoms with Gasteiger partial charge in [-0.3, -0.25) is 0 Å². The van der Waals surface area contributed by atoms with Crippen LogP contribution in [-0.4, -0.2) is 18.2 Å². The summed E-state index contributed by atoms with van der Waals surface area (Å²) in [7, 11) is 0. The third-order valence-corrected chi connectivity index (χ3v) is 5.42. The Hall–Kier alpha value is -2.30. The number of benzene rings is 2. The number of halogens is 1. The van der Waals surface area contributed by atoms with Crippen molar-refractivity contribution in [1.82, 2.24) is 0 Å². The first-order valence-corrected chi connectivity index (χ1v) is 9.38. The molecular weight excluding hydrogens is 350 g/mol. The molecule has 0 aliphatic carbocycles. The molecule has 0 atom stereocenters. The highest BCUT2D eigenvalue weighted by Crippen LogP contribution is 2.37. The van der Waals surface area contributed by atoms with Gasteiger partial charge in [0.2, 0.25) is 0 Å². The summed E-state index contributed by atoms with van der Waals surface area (Å²) in [4.78, 5) is 13.6. The summed E-state index contributed by atoms with van der Waals surface area (Å²) in [5.41, 5.74) is 2.33. The van der Waals surface area contributed by atoms with Crippen molar-refractivity contribution in [1.29, 1.82) is 0 Å². The second-order valence-electron chi connectivity index (χ2n) is 6.89. The first-order chi connectivity index (χ1) is 12.6. The molecule has 1 saturated heterocycles. The first kappa shape index (κ1) is 17.1. The Labute approximate surface area is 156 Å². The van der Waals surface area contributed by atoms with Crippen LogP contribution in [0.25, 0.3) is 22.1 Å². The molecule has 0 unspecified atom stereocenters. The topological polar surface area (TPSA) is 54.9 Å². The molecule has 2 heterocycles. The predicted molar refractivity (Wildman–Crippen MR) is 103 cm³/mol. The van der Waals surface area contributed by atoms with Crippen molar-refractivity contribution in [2.24, 2.45) is 0 Å². The zero-order valence-corrected chi connectivity index (χ0v) is 15.2. The van der Waals surface area contributed by atoms with Gasteiger partial charge in [-0.05, 0) is 36.5 Å². The molecule has 3 aromatic rings. The summed E-state index contributed by atoms with van der Waals surface area (Å²) in [6.07, 6.45) is 3.60. The van der Waals surface area contributed by atoms with Crippen molar-refractivity contribution in [3.8, 4) is 16.9 Å². The molecule has 0 saturated carbocycles. The van der Waals surface area contributed by atoms with Crippen LogP contribution in [0.15, 0.2) is 51.7 Å². The van der Waals surface area contributed by atoms with Crippen molar-refractivity contribution < 1.29 is 14.4 Å². The molecule has 0 bridgehead atoms. The summed E-state index contributed by atoms with van der Waals surface area (Å²) >= 11 is 6.33. The van der Waals surface area contributed by atoms with Gasteiger partial charge >= 0.3 is 5.63 Å². The Balaban J connectivity index is 1.92. The van der Waals surface area contributed by atoms with E-state index < -0.39 is 5.63 Å². The summed E-state index contributed by atoms with van der Waals surface area (Å²) in [6, 6.07) is 12.9. The van der Waals surface area contributed by atoms with E-state index in [1.165, 1.54) is 30.2 Å². The fourth-order valence-electron chi connectivity index (χ4n) is 3.82. The zero-order valence-electron chi connectivity index (χ0n) is 14.4. The number of aromatic hydroxyl groups is 1. The molecule has 0 radical (unpaired) electrons. The molecule has 0 spiro atoms. The fourth-order valence-corrected chi connectivity index (χ4v) is 4.04. The van der Waals surface area contributed by atoms with E-state index in [1.54, 1.807) is 6.07 Å². The van der Waals surface area contributed by atoms with E-state index in [2.05, 4.69) is 0 Å². The highest BCUT2D eigenvalue weighted by molar-refractivity contribution is 6.33. The SMILES string of the molecule is O=c1cc(-c2ccccc2)c2cc(Cl)c(O)c(C[NH+]3CCCCC3)c2o1. The molecule has 26 heavy (non-hydrogen) atoms. The molecule has 2 N–H and O–H groups in total. The lowest BCUT2D eigenvalue weighted by molar-refractivity contribution is -0.918. The lowest BCUT2D eigenvalue weighted by Crippen LogP contribution is -3.11. The normalized spacial score (nSPS) is 15.4. The van der Waals surface area contributed by atoms with Gasteiger partial charge in [0.1, 0.15) is 12.3 Å². The van der Waals surface area contributed by atoms with Crippen LogP contribution in [0.5, 0.6) is 5.75 Å². The molecular formula is C21H21ClNO3+. The number of fused-ring (bicyclic) bond motifs is 1. The van der Waals surface area contributed by atoms with Crippen LogP contribution in [-0.2, 0) is 6.54 Å². The molecule has 134 valence electrons. The number of hydrogen-bond donors (Lipinski definition) is 2. The molecule has 1 aliphatic rings. The molecule has 1 aliphatic heterocycles. The number of nitrogens with one attached hydrogen (secondary N) is 1. The van der Waals surface area contributed by atoms with Gasteiger partial charge in [0, 0.05) is 11.5 Å². The lowest BCUT2D eigenvalue weighted by atomic mass is 9.99. The number of rotatable bonds is 3. The molecule has 2 aromatic carbocycles. The third-order valence-electron chi connectivity index (χ3n) is 5.13. The van der Waals surface area contributed by atoms with Gasteiger partial charge < -0.3 is 14.4 Å². The molecule has 4 rings (SSSR count). The van der Waals surface area contributed by atoms with Gasteiger partial charge in [0.15, 0.2) is 5.58 Å². The van der Waals surface area contributed by atoms with E-state index in [-0.39, 0.29) is 10.8 Å². The number of likely N-dealkylation sites (tertiary alicyclic amines) is 1. The quantitative estimate of drug-likeness (QED) is 0.695. The van der Waals surface area contributed by atoms with Gasteiger partial charge in [-0.25, -0.2) is 4.79 Å². The van der Waals surface area contributed by atoms with Crippen molar-refractivity contribution in [3.05, 3.63) is 63.5 Å². The lowest BCUT2D eigenvalue weighted by Gasteiger charge is -2.24. The number of phenolic OH excluding ortho intramolecular Hbond substituents is 1. The maximum atomic E-state index is 12.2. The maximum Gasteiger partial charge on any atom is 0.336 e. The first-order valence-electron chi connectivity index (χ1n) is 9.00. The third kappa shape index (κ3) is 3.22. The number of piperidine rings is 1. The number of hydrogen-bond acceptors (Lipinski definition) is 3. The smallest absolute Gasteiger partial charge is 0.336 e. The Morgan fingerprint density at radius 3 is 2.54 bits per heavy atom. The summed E-state index contributed by atoms with van der Waals surface area (Å²) < 4.78 is 5.54. The standard InChI is InChI=1S/C21H20ClNO3/c22-18-11-16-15(14-7-3-1-4-8-14)12-19(24)26-21(16)17(20(18)25)13-23-9-5-2-6-10-23/h1,3-4,7-8,11-12,25H,2,5-6,9-10,13H2/p+1. The van der Waals surface area contributed by atoms with Crippen molar-refractivity contribution >= 4 is 22.6 Å². The average Bonchev–Trinajstić information content (AvgIpc) is 2.67. The molecule has 1 aromatic heterocycles. The second-order valence-corrected chi connectivity index (χ2v) is 7.30. The maximum absolute atomic E-state index is 12.2. The minimum absolute atomic E-state index is 0.0191. The van der Waals surface area contributed by atoms with E-state index in [4.69, 9.17) is 16.0 Å². The predicted octanol–water partition coefficient (Wildman–Crippen LogP) is 3.39. The van der Waals surface area contributed by atoms with E-state index in [0.717, 1.165) is 29.6 Å². The van der Waals surface area contributed by atoms with Gasteiger partial charge in [-0.15, -0.1) is 0 Å². The molecule has 1 fully saturated rings. The Kier molecular flexibility index (Phi) is 4.70. The van der Waals surface area contributed by atoms with Gasteiger partial charge in [0.05, 0.1) is 23.7 Å². The summed E-state index contributed by atoms with van der Waals surface area (Å²) in [6.45, 7) is 2.70. The number of phenols is 1. The highest BCUT2D eigenvalue weighted by Gasteiger charge is 2.23. The van der Waals surface area contributed by atoms with Crippen molar-refractivity contribution in [2.75, 3.05) is 13.1 Å². The van der Waals surface area contributed by atoms with Crippen LogP contribution in [0.3, 0.4) is 0 Å². The van der Waals surface area contributed by atoms with Gasteiger partial charge in [0.25, 0.3) is 0 Å². The van der Waals surface area contributed by atoms with Crippen LogP contribution in [0.1, 0.15) is 24.8 Å². The van der Waals surface area contributed by atoms with E-state index in [0.29, 0.717) is 17.7 Å². The van der Waals surface area contributed by atoms with Gasteiger partial charge in [-0.2, -0.15) is 0 Å². The Morgan fingerprint density at radius 2 is 1.81 bits per heavy atom. The van der Waals surface area contributed by atoms with Crippen molar-refractivity contribution in [2.45, 2.75) is 25.8 Å².